The molecule has 0 saturated carbocycles. The number of rotatable bonds is 2. The van der Waals surface area contributed by atoms with E-state index in [0.717, 1.165) is 27.3 Å². The van der Waals surface area contributed by atoms with Crippen molar-refractivity contribution >= 4 is 21.6 Å². The summed E-state index contributed by atoms with van der Waals surface area (Å²) in [4.78, 5) is 8.83. The van der Waals surface area contributed by atoms with Crippen LogP contribution in [-0.2, 0) is 20.1 Å². The number of fused-ring (bicyclic) bond motifs is 1. The summed E-state index contributed by atoms with van der Waals surface area (Å²) < 4.78 is 3.02. The second-order valence-electron chi connectivity index (χ2n) is 5.69. The molecule has 6 heteroatoms. The van der Waals surface area contributed by atoms with Gasteiger partial charge in [-0.05, 0) is 42.1 Å². The Bertz CT molecular complexity index is 996. The smallest absolute Gasteiger partial charge is 0.127 e. The molecule has 0 atom stereocenters. The van der Waals surface area contributed by atoms with Crippen LogP contribution in [0.15, 0.2) is 36.1 Å². The summed E-state index contributed by atoms with van der Waals surface area (Å²) in [5.74, 6) is 0.787. The number of aromatic nitrogens is 4. The molecule has 4 nitrogen and oxygen atoms in total. The second-order valence-corrected chi connectivity index (χ2v) is 6.58. The zero-order chi connectivity index (χ0) is 16.0. The monoisotopic (exact) mass is 512 g/mol. The molecule has 0 fully saturated rings. The molecule has 123 valence electrons. The Morgan fingerprint density at radius 3 is 2.54 bits per heavy atom. The van der Waals surface area contributed by atoms with Gasteiger partial charge in [0.2, 0.25) is 0 Å². The van der Waals surface area contributed by atoms with E-state index in [4.69, 9.17) is 0 Å². The zero-order valence-corrected chi connectivity index (χ0v) is 16.7. The standard InChI is InChI=1S/C18H15N4S.Ir/c1-11-6-12(2)17(13(3)7-11)22-18(19-9-21-22)14-4-5-16-15(8-14)20-10-23-16;/h5-10H,1-3H3;/q-1;. The van der Waals surface area contributed by atoms with Crippen LogP contribution in [0.2, 0.25) is 0 Å². The van der Waals surface area contributed by atoms with Crippen molar-refractivity contribution < 1.29 is 20.1 Å². The van der Waals surface area contributed by atoms with Crippen LogP contribution in [0.25, 0.3) is 27.3 Å². The van der Waals surface area contributed by atoms with E-state index in [0.29, 0.717) is 0 Å². The molecule has 4 aromatic rings. The summed E-state index contributed by atoms with van der Waals surface area (Å²) in [6.45, 7) is 6.32. The van der Waals surface area contributed by atoms with E-state index < -0.39 is 0 Å². The van der Waals surface area contributed by atoms with Gasteiger partial charge in [0, 0.05) is 20.1 Å². The maximum absolute atomic E-state index is 4.45. The van der Waals surface area contributed by atoms with Crippen molar-refractivity contribution in [2.45, 2.75) is 20.8 Å². The van der Waals surface area contributed by atoms with E-state index in [1.165, 1.54) is 16.7 Å². The van der Waals surface area contributed by atoms with Crippen molar-refractivity contribution in [3.8, 4) is 17.1 Å². The quantitative estimate of drug-likeness (QED) is 0.378. The number of benzene rings is 2. The van der Waals surface area contributed by atoms with Crippen LogP contribution in [0.1, 0.15) is 16.7 Å². The number of nitrogens with zero attached hydrogens (tertiary/aromatic N) is 4. The van der Waals surface area contributed by atoms with Crippen molar-refractivity contribution in [2.24, 2.45) is 0 Å². The summed E-state index contributed by atoms with van der Waals surface area (Å²) in [5, 5.41) is 4.45. The van der Waals surface area contributed by atoms with Crippen LogP contribution in [0.4, 0.5) is 0 Å². The molecule has 2 aromatic carbocycles. The summed E-state index contributed by atoms with van der Waals surface area (Å²) in [7, 11) is 0. The molecule has 1 radical (unpaired) electrons. The first-order valence-electron chi connectivity index (χ1n) is 7.37. The minimum atomic E-state index is 0. The van der Waals surface area contributed by atoms with Crippen LogP contribution in [-0.4, -0.2) is 19.7 Å². The summed E-state index contributed by atoms with van der Waals surface area (Å²) in [5.41, 5.74) is 8.42. The van der Waals surface area contributed by atoms with E-state index in [1.807, 2.05) is 22.3 Å². The summed E-state index contributed by atoms with van der Waals surface area (Å²) in [6, 6.07) is 11.6. The van der Waals surface area contributed by atoms with Gasteiger partial charge in [-0.2, -0.15) is 16.4 Å². The van der Waals surface area contributed by atoms with Gasteiger partial charge < -0.3 is 0 Å². The molecule has 0 spiro atoms. The fraction of sp³-hybridized carbons (Fsp3) is 0.167. The van der Waals surface area contributed by atoms with E-state index in [-0.39, 0.29) is 20.1 Å². The molecule has 0 aliphatic rings. The Balaban J connectivity index is 0.00000169. The number of hydrogen-bond donors (Lipinski definition) is 0. The largest absolute Gasteiger partial charge is 0.265 e. The van der Waals surface area contributed by atoms with Gasteiger partial charge in [-0.25, -0.2) is 0 Å². The fourth-order valence-corrected chi connectivity index (χ4v) is 3.67. The molecule has 0 aliphatic carbocycles. The van der Waals surface area contributed by atoms with Crippen LogP contribution in [0, 0.1) is 26.8 Å². The van der Waals surface area contributed by atoms with Gasteiger partial charge >= 0.3 is 0 Å². The minimum absolute atomic E-state index is 0. The first kappa shape index (κ1) is 17.0. The predicted molar refractivity (Wildman–Crippen MR) is 93.0 cm³/mol. The Morgan fingerprint density at radius 2 is 1.79 bits per heavy atom. The summed E-state index contributed by atoms with van der Waals surface area (Å²) in [6.07, 6.45) is 1.59. The third kappa shape index (κ3) is 2.81. The molecule has 0 saturated heterocycles. The molecule has 0 unspecified atom stereocenters. The molecule has 2 heterocycles. The minimum Gasteiger partial charge on any atom is -0.265 e. The maximum Gasteiger partial charge on any atom is 0.127 e. The number of thiazole rings is 1. The normalized spacial score (nSPS) is 10.8. The van der Waals surface area contributed by atoms with Gasteiger partial charge in [-0.15, -0.1) is 23.8 Å². The van der Waals surface area contributed by atoms with Gasteiger partial charge in [0.15, 0.2) is 0 Å². The molecule has 0 aliphatic heterocycles. The van der Waals surface area contributed by atoms with Crippen LogP contribution >= 0.6 is 11.3 Å². The van der Waals surface area contributed by atoms with Crippen molar-refractivity contribution in [1.29, 1.82) is 0 Å². The van der Waals surface area contributed by atoms with Gasteiger partial charge in [0.25, 0.3) is 0 Å². The molecule has 2 aromatic heterocycles. The van der Waals surface area contributed by atoms with Crippen LogP contribution in [0.3, 0.4) is 0 Å². The maximum atomic E-state index is 4.45. The second kappa shape index (κ2) is 6.55. The number of hydrogen-bond acceptors (Lipinski definition) is 4. The third-order valence-corrected chi connectivity index (χ3v) is 4.69. The molecule has 0 amide bonds. The van der Waals surface area contributed by atoms with Gasteiger partial charge in [-0.3, -0.25) is 14.6 Å². The van der Waals surface area contributed by atoms with Gasteiger partial charge in [-0.1, -0.05) is 17.7 Å². The van der Waals surface area contributed by atoms with E-state index in [1.54, 1.807) is 17.7 Å². The first-order valence-corrected chi connectivity index (χ1v) is 8.25. The van der Waals surface area contributed by atoms with E-state index in [9.17, 15) is 0 Å². The Labute approximate surface area is 157 Å². The number of aryl methyl sites for hydroxylation is 3. The molecular weight excluding hydrogens is 497 g/mol. The van der Waals surface area contributed by atoms with Crippen LogP contribution < -0.4 is 0 Å². The topological polar surface area (TPSA) is 43.6 Å². The third-order valence-electron chi connectivity index (χ3n) is 3.90. The van der Waals surface area contributed by atoms with E-state index in [2.05, 4.69) is 54.0 Å². The van der Waals surface area contributed by atoms with Crippen molar-refractivity contribution in [2.75, 3.05) is 0 Å². The van der Waals surface area contributed by atoms with Gasteiger partial charge in [0.1, 0.15) is 6.33 Å². The molecular formula is C18H15IrN4S-. The molecule has 0 bridgehead atoms. The fourth-order valence-electron chi connectivity index (χ4n) is 3.03. The molecule has 24 heavy (non-hydrogen) atoms. The van der Waals surface area contributed by atoms with Crippen molar-refractivity contribution in [3.05, 3.63) is 58.9 Å². The van der Waals surface area contributed by atoms with E-state index >= 15 is 0 Å². The summed E-state index contributed by atoms with van der Waals surface area (Å²) >= 11 is 1.62. The average Bonchev–Trinajstić information content (AvgIpc) is 3.13. The Morgan fingerprint density at radius 1 is 1.04 bits per heavy atom. The van der Waals surface area contributed by atoms with Gasteiger partial charge in [0.05, 0.1) is 17.0 Å². The molecule has 4 rings (SSSR count). The van der Waals surface area contributed by atoms with Crippen LogP contribution in [0.5, 0.6) is 0 Å². The first-order chi connectivity index (χ1) is 11.1. The zero-order valence-electron chi connectivity index (χ0n) is 13.5. The van der Waals surface area contributed by atoms with Crippen molar-refractivity contribution in [1.82, 2.24) is 19.7 Å². The SMILES string of the molecule is Cc1cc(C)c(-n2ncnc2-c2[c-]cc3scnc3c2)c(C)c1.[Ir]. The Kier molecular flexibility index (Phi) is 4.63. The Hall–Kier alpha value is -1.88. The predicted octanol–water partition coefficient (Wildman–Crippen LogP) is 4.27. The average molecular weight is 512 g/mol. The molecule has 0 N–H and O–H groups in total. The van der Waals surface area contributed by atoms with Crippen molar-refractivity contribution in [3.63, 3.8) is 0 Å².